The molecule has 182 valence electrons. The summed E-state index contributed by atoms with van der Waals surface area (Å²) in [5.74, 6) is -5.15. The Kier molecular flexibility index (Phi) is 6.60. The van der Waals surface area contributed by atoms with Gasteiger partial charge in [-0.15, -0.1) is 0 Å². The zero-order valence-corrected chi connectivity index (χ0v) is 19.1. The van der Waals surface area contributed by atoms with E-state index >= 15 is 8.78 Å². The average molecular weight is 508 g/mol. The lowest BCUT2D eigenvalue weighted by atomic mass is 10.1. The van der Waals surface area contributed by atoms with Crippen LogP contribution in [0.4, 0.5) is 23.2 Å². The van der Waals surface area contributed by atoms with E-state index in [1.165, 1.54) is 38.4 Å². The molecular weight excluding hydrogens is 490 g/mol. The number of hydrogen-bond donors (Lipinski definition) is 2. The maximum Gasteiger partial charge on any atom is 0.255 e. The minimum absolute atomic E-state index is 0.113. The SMILES string of the molecule is COc1cc(F)c(C2=C(NC(=O)c3ccc(Cl)cc3)C(O)N(c3c(F)cccc3F)N2C)c(F)c1. The van der Waals surface area contributed by atoms with Gasteiger partial charge in [0.1, 0.15) is 23.1 Å². The largest absolute Gasteiger partial charge is 0.497 e. The Labute approximate surface area is 202 Å². The molecule has 3 aromatic rings. The summed E-state index contributed by atoms with van der Waals surface area (Å²) in [6.45, 7) is 0. The summed E-state index contributed by atoms with van der Waals surface area (Å²) >= 11 is 5.85. The van der Waals surface area contributed by atoms with Crippen molar-refractivity contribution in [2.45, 2.75) is 6.23 Å². The second-order valence-electron chi connectivity index (χ2n) is 7.50. The Hall–Kier alpha value is -3.76. The molecule has 0 fully saturated rings. The second-order valence-corrected chi connectivity index (χ2v) is 7.94. The zero-order valence-electron chi connectivity index (χ0n) is 18.3. The van der Waals surface area contributed by atoms with Crippen molar-refractivity contribution >= 4 is 28.9 Å². The third-order valence-corrected chi connectivity index (χ3v) is 5.65. The molecule has 35 heavy (non-hydrogen) atoms. The lowest BCUT2D eigenvalue weighted by Crippen LogP contribution is -2.43. The number of aliphatic hydroxyl groups is 1. The number of amides is 1. The van der Waals surface area contributed by atoms with Crippen LogP contribution < -0.4 is 15.1 Å². The second kappa shape index (κ2) is 9.47. The molecule has 1 unspecified atom stereocenters. The maximum absolute atomic E-state index is 15.1. The highest BCUT2D eigenvalue weighted by Crippen LogP contribution is 2.40. The molecule has 0 saturated carbocycles. The van der Waals surface area contributed by atoms with Gasteiger partial charge in [-0.2, -0.15) is 0 Å². The fourth-order valence-corrected chi connectivity index (χ4v) is 3.91. The number of halogens is 5. The van der Waals surface area contributed by atoms with Crippen LogP contribution in [0.25, 0.3) is 5.70 Å². The third kappa shape index (κ3) is 4.38. The quantitative estimate of drug-likeness (QED) is 0.491. The van der Waals surface area contributed by atoms with Crippen LogP contribution in [0.2, 0.25) is 5.02 Å². The summed E-state index contributed by atoms with van der Waals surface area (Å²) in [6.07, 6.45) is -1.92. The molecule has 3 aromatic carbocycles. The molecule has 2 N–H and O–H groups in total. The molecule has 4 rings (SSSR count). The van der Waals surface area contributed by atoms with E-state index in [2.05, 4.69) is 5.32 Å². The highest BCUT2D eigenvalue weighted by atomic mass is 35.5. The van der Waals surface area contributed by atoms with Gasteiger partial charge in [0.25, 0.3) is 5.91 Å². The van der Waals surface area contributed by atoms with Crippen molar-refractivity contribution in [2.75, 3.05) is 19.2 Å². The number of para-hydroxylation sites is 1. The first-order valence-electron chi connectivity index (χ1n) is 10.1. The highest BCUT2D eigenvalue weighted by molar-refractivity contribution is 6.30. The van der Waals surface area contributed by atoms with Crippen molar-refractivity contribution in [1.82, 2.24) is 10.3 Å². The highest BCUT2D eigenvalue weighted by Gasteiger charge is 2.42. The van der Waals surface area contributed by atoms with Crippen molar-refractivity contribution < 1.29 is 32.2 Å². The number of hydrogen-bond acceptors (Lipinski definition) is 5. The standard InChI is InChI=1S/C24H18ClF4N3O3/c1-31-22(19-17(28)10-14(35-2)11-18(19)29)20(30-23(33)12-6-8-13(25)9-7-12)24(34)32(31)21-15(26)4-3-5-16(21)27/h3-11,24,34H,1-2H3,(H,30,33). The van der Waals surface area contributed by atoms with E-state index in [1.54, 1.807) is 0 Å². The van der Waals surface area contributed by atoms with Gasteiger partial charge in [-0.3, -0.25) is 9.80 Å². The number of benzene rings is 3. The molecule has 11 heteroatoms. The maximum atomic E-state index is 15.1. The lowest BCUT2D eigenvalue weighted by molar-refractivity contribution is 0.0946. The number of hydrazine groups is 1. The molecule has 0 aromatic heterocycles. The number of methoxy groups -OCH3 is 1. The van der Waals surface area contributed by atoms with Crippen molar-refractivity contribution in [3.8, 4) is 5.75 Å². The molecule has 0 aliphatic carbocycles. The van der Waals surface area contributed by atoms with E-state index in [1.807, 2.05) is 0 Å². The van der Waals surface area contributed by atoms with E-state index < -0.39 is 52.4 Å². The zero-order chi connectivity index (χ0) is 25.4. The number of ether oxygens (including phenoxy) is 1. The molecule has 0 bridgehead atoms. The van der Waals surface area contributed by atoms with Crippen molar-refractivity contribution in [3.63, 3.8) is 0 Å². The summed E-state index contributed by atoms with van der Waals surface area (Å²) in [5, 5.41) is 15.5. The predicted molar refractivity (Wildman–Crippen MR) is 121 cm³/mol. The number of nitrogens with zero attached hydrogens (tertiary/aromatic N) is 2. The Bertz CT molecular complexity index is 1290. The molecule has 1 aliphatic rings. The molecule has 1 amide bonds. The number of aliphatic hydroxyl groups excluding tert-OH is 1. The number of nitrogens with one attached hydrogen (secondary N) is 1. The summed E-state index contributed by atoms with van der Waals surface area (Å²) in [4.78, 5) is 12.9. The van der Waals surface area contributed by atoms with E-state index in [0.717, 1.165) is 40.3 Å². The summed E-state index contributed by atoms with van der Waals surface area (Å²) in [7, 11) is 2.45. The summed E-state index contributed by atoms with van der Waals surface area (Å²) < 4.78 is 64.2. The first-order chi connectivity index (χ1) is 16.6. The van der Waals surface area contributed by atoms with Crippen molar-refractivity contribution in [2.24, 2.45) is 0 Å². The fraction of sp³-hybridized carbons (Fsp3) is 0.125. The Morgan fingerprint density at radius 2 is 1.57 bits per heavy atom. The van der Waals surface area contributed by atoms with Gasteiger partial charge in [0.2, 0.25) is 0 Å². The lowest BCUT2D eigenvalue weighted by Gasteiger charge is -2.32. The van der Waals surface area contributed by atoms with Crippen LogP contribution >= 0.6 is 11.6 Å². The number of carbonyl (C=O) groups is 1. The van der Waals surface area contributed by atoms with Crippen molar-refractivity contribution in [3.05, 3.63) is 99.7 Å². The van der Waals surface area contributed by atoms with Gasteiger partial charge in [-0.25, -0.2) is 22.6 Å². The van der Waals surface area contributed by atoms with Gasteiger partial charge in [0.05, 0.1) is 24.1 Å². The predicted octanol–water partition coefficient (Wildman–Crippen LogP) is 4.69. The molecule has 0 saturated heterocycles. The van der Waals surface area contributed by atoms with Gasteiger partial charge >= 0.3 is 0 Å². The van der Waals surface area contributed by atoms with Gasteiger partial charge in [-0.05, 0) is 36.4 Å². The van der Waals surface area contributed by atoms with Crippen molar-refractivity contribution in [1.29, 1.82) is 0 Å². The fourth-order valence-electron chi connectivity index (χ4n) is 3.78. The van der Waals surface area contributed by atoms with Crippen LogP contribution in [-0.4, -0.2) is 36.4 Å². The molecule has 6 nitrogen and oxygen atoms in total. The molecule has 1 atom stereocenters. The number of carbonyl (C=O) groups excluding carboxylic acids is 1. The van der Waals surface area contributed by atoms with Crippen LogP contribution in [0, 0.1) is 23.3 Å². The Morgan fingerprint density at radius 3 is 2.11 bits per heavy atom. The third-order valence-electron chi connectivity index (χ3n) is 5.40. The van der Waals surface area contributed by atoms with Gasteiger partial charge in [0, 0.05) is 29.8 Å². The van der Waals surface area contributed by atoms with Crippen LogP contribution in [0.1, 0.15) is 15.9 Å². The van der Waals surface area contributed by atoms with E-state index in [0.29, 0.717) is 5.02 Å². The Morgan fingerprint density at radius 1 is 1.00 bits per heavy atom. The molecule has 1 aliphatic heterocycles. The Balaban J connectivity index is 1.88. The molecule has 0 spiro atoms. The van der Waals surface area contributed by atoms with Gasteiger partial charge in [-0.1, -0.05) is 17.7 Å². The monoisotopic (exact) mass is 507 g/mol. The minimum atomic E-state index is -1.92. The van der Waals surface area contributed by atoms with E-state index in [9.17, 15) is 18.7 Å². The summed E-state index contributed by atoms with van der Waals surface area (Å²) in [6, 6.07) is 10.5. The molecule has 0 radical (unpaired) electrons. The van der Waals surface area contributed by atoms with Crippen LogP contribution in [0.5, 0.6) is 5.75 Å². The number of rotatable bonds is 5. The van der Waals surface area contributed by atoms with Crippen LogP contribution in [0.15, 0.2) is 60.3 Å². The first-order valence-corrected chi connectivity index (χ1v) is 10.5. The number of anilines is 1. The minimum Gasteiger partial charge on any atom is -0.497 e. The normalized spacial score (nSPS) is 15.6. The topological polar surface area (TPSA) is 65.0 Å². The van der Waals surface area contributed by atoms with E-state index in [-0.39, 0.29) is 17.0 Å². The smallest absolute Gasteiger partial charge is 0.255 e. The van der Waals surface area contributed by atoms with Crippen LogP contribution in [0.3, 0.4) is 0 Å². The first kappa shape index (κ1) is 24.4. The average Bonchev–Trinajstić information content (AvgIpc) is 3.03. The summed E-state index contributed by atoms with van der Waals surface area (Å²) in [5.41, 5.74) is -2.00. The van der Waals surface area contributed by atoms with E-state index in [4.69, 9.17) is 16.3 Å². The van der Waals surface area contributed by atoms with Gasteiger partial charge in [0.15, 0.2) is 17.9 Å². The molecule has 1 heterocycles. The van der Waals surface area contributed by atoms with Crippen LogP contribution in [-0.2, 0) is 0 Å². The van der Waals surface area contributed by atoms with Gasteiger partial charge < -0.3 is 15.2 Å². The molecular formula is C24H18ClF4N3O3.